The molecule has 1 fully saturated rings. The molecule has 0 spiro atoms. The normalized spacial score (nSPS) is 15.7. The molecule has 1 N–H and O–H groups in total. The van der Waals surface area contributed by atoms with Gasteiger partial charge in [-0.2, -0.15) is 0 Å². The molecule has 8 nitrogen and oxygen atoms in total. The van der Waals surface area contributed by atoms with Crippen molar-refractivity contribution in [3.8, 4) is 0 Å². The van der Waals surface area contributed by atoms with Crippen LogP contribution >= 0.6 is 0 Å². The molecule has 1 aliphatic rings. The second kappa shape index (κ2) is 5.70. The van der Waals surface area contributed by atoms with Crippen LogP contribution in [0, 0.1) is 10.1 Å². The number of anilines is 1. The Morgan fingerprint density at radius 2 is 1.76 bits per heavy atom. The molecule has 0 radical (unpaired) electrons. The van der Waals surface area contributed by atoms with E-state index in [-0.39, 0.29) is 24.1 Å². The van der Waals surface area contributed by atoms with Gasteiger partial charge in [0.05, 0.1) is 10.5 Å². The standard InChI is InChI=1S/C13H12N2O6/c16-11-3-1-2-4-12(17)14(11)9-6-5-8(13(18)19)7-10(9)15(20)21/h5-7H,1-4H2,(H,18,19). The van der Waals surface area contributed by atoms with Crippen LogP contribution < -0.4 is 4.90 Å². The highest BCUT2D eigenvalue weighted by molar-refractivity contribution is 6.16. The zero-order chi connectivity index (χ0) is 15.6. The molecular weight excluding hydrogens is 280 g/mol. The number of carboxylic acids is 1. The first-order valence-corrected chi connectivity index (χ1v) is 6.29. The Morgan fingerprint density at radius 3 is 2.24 bits per heavy atom. The van der Waals surface area contributed by atoms with E-state index in [4.69, 9.17) is 5.11 Å². The minimum atomic E-state index is -1.32. The Balaban J connectivity index is 2.55. The minimum absolute atomic E-state index is 0.129. The quantitative estimate of drug-likeness (QED) is 0.515. The van der Waals surface area contributed by atoms with Gasteiger partial charge in [0, 0.05) is 18.9 Å². The summed E-state index contributed by atoms with van der Waals surface area (Å²) in [6, 6.07) is 3.11. The fraction of sp³-hybridized carbons (Fsp3) is 0.308. The van der Waals surface area contributed by atoms with E-state index in [0.717, 1.165) is 23.1 Å². The zero-order valence-corrected chi connectivity index (χ0v) is 10.9. The van der Waals surface area contributed by atoms with Crippen molar-refractivity contribution in [2.45, 2.75) is 25.7 Å². The smallest absolute Gasteiger partial charge is 0.335 e. The predicted molar refractivity (Wildman–Crippen MR) is 71.0 cm³/mol. The van der Waals surface area contributed by atoms with E-state index < -0.39 is 28.4 Å². The summed E-state index contributed by atoms with van der Waals surface area (Å²) in [6.45, 7) is 0. The molecule has 1 aromatic carbocycles. The third-order valence-electron chi connectivity index (χ3n) is 3.19. The lowest BCUT2D eigenvalue weighted by Gasteiger charge is -2.18. The number of benzene rings is 1. The molecule has 0 atom stereocenters. The van der Waals surface area contributed by atoms with Gasteiger partial charge in [0.2, 0.25) is 11.8 Å². The summed E-state index contributed by atoms with van der Waals surface area (Å²) in [5.74, 6) is -2.34. The Morgan fingerprint density at radius 1 is 1.19 bits per heavy atom. The number of amides is 2. The molecule has 0 aliphatic carbocycles. The number of nitro groups is 1. The van der Waals surface area contributed by atoms with Gasteiger partial charge in [-0.1, -0.05) is 0 Å². The second-order valence-electron chi connectivity index (χ2n) is 4.60. The number of carbonyl (C=O) groups excluding carboxylic acids is 2. The number of hydrogen-bond donors (Lipinski definition) is 1. The van der Waals surface area contributed by atoms with Crippen LogP contribution in [-0.2, 0) is 9.59 Å². The summed E-state index contributed by atoms with van der Waals surface area (Å²) in [5, 5.41) is 20.0. The highest BCUT2D eigenvalue weighted by Crippen LogP contribution is 2.32. The summed E-state index contributed by atoms with van der Waals surface area (Å²) in [7, 11) is 0. The molecule has 0 bridgehead atoms. The van der Waals surface area contributed by atoms with Gasteiger partial charge in [0.15, 0.2) is 0 Å². The van der Waals surface area contributed by atoms with E-state index in [1.807, 2.05) is 0 Å². The number of carboxylic acid groups (broad SMARTS) is 1. The van der Waals surface area contributed by atoms with E-state index in [1.165, 1.54) is 0 Å². The molecule has 2 rings (SSSR count). The molecule has 1 aromatic rings. The maximum Gasteiger partial charge on any atom is 0.335 e. The average molecular weight is 292 g/mol. The third-order valence-corrected chi connectivity index (χ3v) is 3.19. The van der Waals surface area contributed by atoms with Gasteiger partial charge in [0.1, 0.15) is 5.69 Å². The van der Waals surface area contributed by atoms with Crippen LogP contribution in [0.25, 0.3) is 0 Å². The van der Waals surface area contributed by atoms with Gasteiger partial charge in [-0.05, 0) is 25.0 Å². The van der Waals surface area contributed by atoms with Crippen LogP contribution in [0.3, 0.4) is 0 Å². The number of nitrogens with zero attached hydrogens (tertiary/aromatic N) is 2. The van der Waals surface area contributed by atoms with Crippen LogP contribution in [-0.4, -0.2) is 27.8 Å². The van der Waals surface area contributed by atoms with Crippen molar-refractivity contribution in [1.29, 1.82) is 0 Å². The first-order chi connectivity index (χ1) is 9.91. The average Bonchev–Trinajstić information content (AvgIpc) is 2.59. The first kappa shape index (κ1) is 14.6. The van der Waals surface area contributed by atoms with Crippen molar-refractivity contribution >= 4 is 29.2 Å². The van der Waals surface area contributed by atoms with Gasteiger partial charge in [0.25, 0.3) is 5.69 Å². The van der Waals surface area contributed by atoms with Crippen LogP contribution in [0.1, 0.15) is 36.0 Å². The van der Waals surface area contributed by atoms with Crippen molar-refractivity contribution in [1.82, 2.24) is 0 Å². The van der Waals surface area contributed by atoms with Crippen molar-refractivity contribution in [3.05, 3.63) is 33.9 Å². The Kier molecular flexibility index (Phi) is 3.97. The van der Waals surface area contributed by atoms with E-state index in [1.54, 1.807) is 0 Å². The largest absolute Gasteiger partial charge is 0.478 e. The summed E-state index contributed by atoms with van der Waals surface area (Å²) in [5.41, 5.74) is -1.03. The second-order valence-corrected chi connectivity index (χ2v) is 4.60. The summed E-state index contributed by atoms with van der Waals surface area (Å²) in [6.07, 6.45) is 1.34. The van der Waals surface area contributed by atoms with Crippen molar-refractivity contribution in [2.75, 3.05) is 4.90 Å². The SMILES string of the molecule is O=C(O)c1ccc(N2C(=O)CCCCC2=O)c([N+](=O)[O-])c1. The maximum atomic E-state index is 12.0. The van der Waals surface area contributed by atoms with E-state index in [2.05, 4.69) is 0 Å². The zero-order valence-electron chi connectivity index (χ0n) is 10.9. The lowest BCUT2D eigenvalue weighted by molar-refractivity contribution is -0.384. The minimum Gasteiger partial charge on any atom is -0.478 e. The van der Waals surface area contributed by atoms with Crippen molar-refractivity contribution < 1.29 is 24.4 Å². The summed E-state index contributed by atoms with van der Waals surface area (Å²) < 4.78 is 0. The van der Waals surface area contributed by atoms with E-state index >= 15 is 0 Å². The lowest BCUT2D eigenvalue weighted by atomic mass is 10.1. The maximum absolute atomic E-state index is 12.0. The molecule has 1 saturated heterocycles. The Hall–Kier alpha value is -2.77. The van der Waals surface area contributed by atoms with Gasteiger partial charge in [-0.25, -0.2) is 9.69 Å². The molecule has 0 aromatic heterocycles. The number of imide groups is 1. The number of hydrogen-bond acceptors (Lipinski definition) is 5. The molecule has 21 heavy (non-hydrogen) atoms. The van der Waals surface area contributed by atoms with Crippen molar-refractivity contribution in [3.63, 3.8) is 0 Å². The first-order valence-electron chi connectivity index (χ1n) is 6.29. The molecular formula is C13H12N2O6. The van der Waals surface area contributed by atoms with Crippen LogP contribution in [0.5, 0.6) is 0 Å². The van der Waals surface area contributed by atoms with Gasteiger partial charge in [-0.3, -0.25) is 19.7 Å². The summed E-state index contributed by atoms with van der Waals surface area (Å²) in [4.78, 5) is 45.9. The van der Waals surface area contributed by atoms with Gasteiger partial charge >= 0.3 is 5.97 Å². The van der Waals surface area contributed by atoms with Gasteiger partial charge in [-0.15, -0.1) is 0 Å². The van der Waals surface area contributed by atoms with Crippen LogP contribution in [0.4, 0.5) is 11.4 Å². The predicted octanol–water partition coefficient (Wildman–Crippen LogP) is 1.73. The fourth-order valence-corrected chi connectivity index (χ4v) is 2.18. The third kappa shape index (κ3) is 2.88. The highest BCUT2D eigenvalue weighted by atomic mass is 16.6. The molecule has 1 aliphatic heterocycles. The van der Waals surface area contributed by atoms with Crippen molar-refractivity contribution in [2.24, 2.45) is 0 Å². The topological polar surface area (TPSA) is 118 Å². The summed E-state index contributed by atoms with van der Waals surface area (Å²) >= 11 is 0. The number of rotatable bonds is 3. The Labute approximate surface area is 119 Å². The molecule has 110 valence electrons. The molecule has 1 heterocycles. The van der Waals surface area contributed by atoms with Crippen LogP contribution in [0.15, 0.2) is 18.2 Å². The molecule has 0 unspecified atom stereocenters. The molecule has 0 saturated carbocycles. The van der Waals surface area contributed by atoms with E-state index in [9.17, 15) is 24.5 Å². The molecule has 2 amide bonds. The number of carbonyl (C=O) groups is 3. The number of nitro benzene ring substituents is 1. The Bertz CT molecular complexity index is 622. The molecule has 8 heteroatoms. The van der Waals surface area contributed by atoms with E-state index in [0.29, 0.717) is 12.8 Å². The lowest BCUT2D eigenvalue weighted by Crippen LogP contribution is -2.35. The van der Waals surface area contributed by atoms with Gasteiger partial charge < -0.3 is 5.11 Å². The fourth-order valence-electron chi connectivity index (χ4n) is 2.18. The number of aromatic carboxylic acids is 1. The highest BCUT2D eigenvalue weighted by Gasteiger charge is 2.31. The monoisotopic (exact) mass is 292 g/mol. The van der Waals surface area contributed by atoms with Crippen LogP contribution in [0.2, 0.25) is 0 Å².